The summed E-state index contributed by atoms with van der Waals surface area (Å²) in [6.07, 6.45) is 1.00. The van der Waals surface area contributed by atoms with Crippen molar-refractivity contribution in [3.63, 3.8) is 0 Å². The van der Waals surface area contributed by atoms with Crippen LogP contribution in [0.3, 0.4) is 0 Å². The summed E-state index contributed by atoms with van der Waals surface area (Å²) < 4.78 is 0. The zero-order chi connectivity index (χ0) is 13.7. The van der Waals surface area contributed by atoms with Gasteiger partial charge in [-0.3, -0.25) is 0 Å². The van der Waals surface area contributed by atoms with Gasteiger partial charge in [0.25, 0.3) is 0 Å². The van der Waals surface area contributed by atoms with E-state index in [0.717, 1.165) is 29.8 Å². The van der Waals surface area contributed by atoms with Gasteiger partial charge in [-0.1, -0.05) is 29.8 Å². The minimum absolute atomic E-state index is 0.740. The zero-order valence-corrected chi connectivity index (χ0v) is 11.4. The van der Waals surface area contributed by atoms with Gasteiger partial charge in [0.2, 0.25) is 0 Å². The molecule has 2 nitrogen and oxygen atoms in total. The molecule has 0 spiro atoms. The first-order valence-electron chi connectivity index (χ1n) is 6.49. The van der Waals surface area contributed by atoms with Crippen LogP contribution in [0, 0.1) is 25.2 Å². The number of hydrogen-bond donors (Lipinski definition) is 1. The molecule has 2 heteroatoms. The molecule has 2 aromatic rings. The Morgan fingerprint density at radius 1 is 1.11 bits per heavy atom. The highest BCUT2D eigenvalue weighted by Gasteiger charge is 1.99. The Labute approximate surface area is 114 Å². The van der Waals surface area contributed by atoms with Gasteiger partial charge in [-0.05, 0) is 49.6 Å². The Morgan fingerprint density at radius 3 is 2.63 bits per heavy atom. The molecule has 0 atom stereocenters. The first kappa shape index (κ1) is 13.2. The summed E-state index contributed by atoms with van der Waals surface area (Å²) in [6.45, 7) is 4.97. The number of nitriles is 1. The lowest BCUT2D eigenvalue weighted by molar-refractivity contribution is 1.02. The molecule has 0 radical (unpaired) electrons. The Kier molecular flexibility index (Phi) is 4.20. The van der Waals surface area contributed by atoms with Crippen LogP contribution in [0.2, 0.25) is 0 Å². The van der Waals surface area contributed by atoms with Crippen LogP contribution in [0.25, 0.3) is 0 Å². The maximum absolute atomic E-state index is 8.89. The van der Waals surface area contributed by atoms with E-state index in [4.69, 9.17) is 5.26 Å². The third-order valence-corrected chi connectivity index (χ3v) is 3.17. The number of hydrogen-bond acceptors (Lipinski definition) is 2. The first-order chi connectivity index (χ1) is 9.19. The highest BCUT2D eigenvalue weighted by molar-refractivity contribution is 5.51. The lowest BCUT2D eigenvalue weighted by atomic mass is 10.1. The van der Waals surface area contributed by atoms with Gasteiger partial charge in [0.1, 0.15) is 0 Å². The van der Waals surface area contributed by atoms with E-state index in [1.165, 1.54) is 11.1 Å². The third kappa shape index (κ3) is 3.59. The fraction of sp³-hybridized carbons (Fsp3) is 0.235. The van der Waals surface area contributed by atoms with Gasteiger partial charge in [-0.15, -0.1) is 0 Å². The molecule has 0 aliphatic carbocycles. The average molecular weight is 250 g/mol. The Bertz CT molecular complexity index is 609. The van der Waals surface area contributed by atoms with Crippen LogP contribution in [0.5, 0.6) is 0 Å². The van der Waals surface area contributed by atoms with Crippen LogP contribution >= 0.6 is 0 Å². The molecule has 0 aliphatic rings. The van der Waals surface area contributed by atoms with E-state index in [-0.39, 0.29) is 0 Å². The number of nitrogens with one attached hydrogen (secondary N) is 1. The predicted molar refractivity (Wildman–Crippen MR) is 79.3 cm³/mol. The Balaban J connectivity index is 1.93. The normalized spacial score (nSPS) is 9.95. The molecule has 96 valence electrons. The molecule has 0 aliphatic heterocycles. The molecular formula is C17H18N2. The third-order valence-electron chi connectivity index (χ3n) is 3.17. The van der Waals surface area contributed by atoms with Gasteiger partial charge in [0.15, 0.2) is 0 Å². The molecule has 0 saturated carbocycles. The van der Waals surface area contributed by atoms with E-state index in [0.29, 0.717) is 0 Å². The second-order valence-electron chi connectivity index (χ2n) is 4.81. The van der Waals surface area contributed by atoms with E-state index >= 15 is 0 Å². The van der Waals surface area contributed by atoms with Crippen LogP contribution in [0.15, 0.2) is 42.5 Å². The van der Waals surface area contributed by atoms with Crippen LogP contribution in [0.4, 0.5) is 5.69 Å². The van der Waals surface area contributed by atoms with Gasteiger partial charge in [-0.2, -0.15) is 5.26 Å². The SMILES string of the molecule is Cc1cccc(CCNc2ccc(C#N)c(C)c2)c1. The first-order valence-corrected chi connectivity index (χ1v) is 6.49. The monoisotopic (exact) mass is 250 g/mol. The van der Waals surface area contributed by atoms with Crippen molar-refractivity contribution in [2.75, 3.05) is 11.9 Å². The summed E-state index contributed by atoms with van der Waals surface area (Å²) in [6, 6.07) is 16.6. The van der Waals surface area contributed by atoms with E-state index in [1.54, 1.807) is 0 Å². The fourth-order valence-electron chi connectivity index (χ4n) is 2.12. The molecule has 0 aromatic heterocycles. The van der Waals surface area contributed by atoms with Crippen molar-refractivity contribution in [1.82, 2.24) is 0 Å². The van der Waals surface area contributed by atoms with E-state index in [2.05, 4.69) is 42.6 Å². The number of aryl methyl sites for hydroxylation is 2. The smallest absolute Gasteiger partial charge is 0.0994 e. The highest BCUT2D eigenvalue weighted by atomic mass is 14.9. The molecule has 0 heterocycles. The molecule has 1 N–H and O–H groups in total. The summed E-state index contributed by atoms with van der Waals surface area (Å²) in [5, 5.41) is 12.3. The van der Waals surface area contributed by atoms with Crippen molar-refractivity contribution in [3.05, 3.63) is 64.7 Å². The molecule has 0 saturated heterocycles. The minimum atomic E-state index is 0.740. The Morgan fingerprint density at radius 2 is 1.95 bits per heavy atom. The maximum Gasteiger partial charge on any atom is 0.0994 e. The van der Waals surface area contributed by atoms with Crippen molar-refractivity contribution in [3.8, 4) is 6.07 Å². The summed E-state index contributed by atoms with van der Waals surface area (Å²) >= 11 is 0. The summed E-state index contributed by atoms with van der Waals surface area (Å²) in [4.78, 5) is 0. The quantitative estimate of drug-likeness (QED) is 0.895. The second-order valence-corrected chi connectivity index (χ2v) is 4.81. The molecule has 2 rings (SSSR count). The number of rotatable bonds is 4. The summed E-state index contributed by atoms with van der Waals surface area (Å²) in [7, 11) is 0. The molecule has 0 amide bonds. The van der Waals surface area contributed by atoms with Gasteiger partial charge >= 0.3 is 0 Å². The molecule has 0 fully saturated rings. The van der Waals surface area contributed by atoms with Gasteiger partial charge in [-0.25, -0.2) is 0 Å². The topological polar surface area (TPSA) is 35.8 Å². The average Bonchev–Trinajstić information content (AvgIpc) is 2.39. The van der Waals surface area contributed by atoms with Crippen LogP contribution < -0.4 is 5.32 Å². The molecule has 19 heavy (non-hydrogen) atoms. The zero-order valence-electron chi connectivity index (χ0n) is 11.4. The lowest BCUT2D eigenvalue weighted by Crippen LogP contribution is -2.05. The van der Waals surface area contributed by atoms with Gasteiger partial charge in [0, 0.05) is 12.2 Å². The second kappa shape index (κ2) is 6.06. The molecule has 0 unspecified atom stereocenters. The molecule has 0 bridgehead atoms. The Hall–Kier alpha value is -2.27. The fourth-order valence-corrected chi connectivity index (χ4v) is 2.12. The van der Waals surface area contributed by atoms with Crippen molar-refractivity contribution in [1.29, 1.82) is 5.26 Å². The van der Waals surface area contributed by atoms with Gasteiger partial charge < -0.3 is 5.32 Å². The standard InChI is InChI=1S/C17H18N2/c1-13-4-3-5-15(10-13)8-9-19-17-7-6-16(12-18)14(2)11-17/h3-7,10-11,19H,8-9H2,1-2H3. The number of benzene rings is 2. The highest BCUT2D eigenvalue weighted by Crippen LogP contribution is 2.14. The van der Waals surface area contributed by atoms with Crippen LogP contribution in [-0.2, 0) is 6.42 Å². The van der Waals surface area contributed by atoms with Crippen molar-refractivity contribution in [2.24, 2.45) is 0 Å². The van der Waals surface area contributed by atoms with Crippen molar-refractivity contribution < 1.29 is 0 Å². The molecular weight excluding hydrogens is 232 g/mol. The minimum Gasteiger partial charge on any atom is -0.385 e. The van der Waals surface area contributed by atoms with Crippen molar-refractivity contribution in [2.45, 2.75) is 20.3 Å². The van der Waals surface area contributed by atoms with Gasteiger partial charge in [0.05, 0.1) is 11.6 Å². The van der Waals surface area contributed by atoms with Crippen LogP contribution in [0.1, 0.15) is 22.3 Å². The summed E-state index contributed by atoms with van der Waals surface area (Å²) in [5.74, 6) is 0. The summed E-state index contributed by atoms with van der Waals surface area (Å²) in [5.41, 5.74) is 5.47. The van der Waals surface area contributed by atoms with Crippen LogP contribution in [-0.4, -0.2) is 6.54 Å². The van der Waals surface area contributed by atoms with E-state index in [9.17, 15) is 0 Å². The van der Waals surface area contributed by atoms with E-state index in [1.807, 2.05) is 25.1 Å². The lowest BCUT2D eigenvalue weighted by Gasteiger charge is -2.08. The predicted octanol–water partition coefficient (Wildman–Crippen LogP) is 3.83. The number of anilines is 1. The molecule has 2 aromatic carbocycles. The van der Waals surface area contributed by atoms with Crippen molar-refractivity contribution >= 4 is 5.69 Å². The number of nitrogens with zero attached hydrogens (tertiary/aromatic N) is 1. The van der Waals surface area contributed by atoms with E-state index < -0.39 is 0 Å². The largest absolute Gasteiger partial charge is 0.385 e. The maximum atomic E-state index is 8.89.